The van der Waals surface area contributed by atoms with Gasteiger partial charge in [-0.3, -0.25) is 4.79 Å². The molecule has 0 saturated carbocycles. The molecule has 1 heterocycles. The van der Waals surface area contributed by atoms with Crippen molar-refractivity contribution < 1.29 is 9.53 Å². The minimum atomic E-state index is -0.0496. The van der Waals surface area contributed by atoms with Crippen LogP contribution in [-0.4, -0.2) is 12.4 Å². The van der Waals surface area contributed by atoms with Gasteiger partial charge in [-0.1, -0.05) is 30.7 Å². The van der Waals surface area contributed by atoms with Gasteiger partial charge in [0.1, 0.15) is 5.75 Å². The maximum absolute atomic E-state index is 11.8. The van der Waals surface area contributed by atoms with Gasteiger partial charge in [0.2, 0.25) is 5.78 Å². The van der Waals surface area contributed by atoms with Crippen LogP contribution < -0.4 is 4.74 Å². The summed E-state index contributed by atoms with van der Waals surface area (Å²) in [7, 11) is 0. The molecule has 0 N–H and O–H groups in total. The van der Waals surface area contributed by atoms with E-state index < -0.39 is 0 Å². The van der Waals surface area contributed by atoms with Gasteiger partial charge in [0.05, 0.1) is 9.21 Å². The number of rotatable bonds is 5. The number of carbonyl (C=O) groups is 1. The lowest BCUT2D eigenvalue weighted by Gasteiger charge is -2.05. The fourth-order valence-electron chi connectivity index (χ4n) is 1.51. The molecular formula is C14H13ClO2S. The first kappa shape index (κ1) is 13.1. The predicted octanol–water partition coefficient (Wildman–Crippen LogP) is 4.23. The van der Waals surface area contributed by atoms with Crippen molar-refractivity contribution in [1.29, 1.82) is 0 Å². The Balaban J connectivity index is 1.92. The maximum Gasteiger partial charge on any atom is 0.210 e. The fraction of sp³-hybridized carbons (Fsp3) is 0.214. The molecule has 0 bridgehead atoms. The number of hydrogen-bond donors (Lipinski definition) is 0. The predicted molar refractivity (Wildman–Crippen MR) is 75.0 cm³/mol. The third-order valence-corrected chi connectivity index (χ3v) is 3.82. The molecule has 4 heteroatoms. The van der Waals surface area contributed by atoms with E-state index in [0.717, 1.165) is 6.42 Å². The minimum absolute atomic E-state index is 0.0440. The average Bonchev–Trinajstić information content (AvgIpc) is 2.83. The third-order valence-electron chi connectivity index (χ3n) is 2.55. The Kier molecular flexibility index (Phi) is 4.39. The van der Waals surface area contributed by atoms with Crippen molar-refractivity contribution in [1.82, 2.24) is 0 Å². The van der Waals surface area contributed by atoms with Crippen molar-refractivity contribution in [3.05, 3.63) is 51.2 Å². The number of Topliss-reactive ketones (excluding diaryl/α,β-unsaturated/α-hetero) is 1. The van der Waals surface area contributed by atoms with E-state index in [0.29, 0.717) is 15.0 Å². The molecule has 94 valence electrons. The summed E-state index contributed by atoms with van der Waals surface area (Å²) in [5.41, 5.74) is 1.25. The van der Waals surface area contributed by atoms with Crippen LogP contribution in [0.5, 0.6) is 5.75 Å². The van der Waals surface area contributed by atoms with Crippen LogP contribution in [0.1, 0.15) is 22.2 Å². The average molecular weight is 281 g/mol. The van der Waals surface area contributed by atoms with E-state index in [1.54, 1.807) is 12.1 Å². The number of aryl methyl sites for hydroxylation is 1. The lowest BCUT2D eigenvalue weighted by atomic mass is 10.2. The van der Waals surface area contributed by atoms with Gasteiger partial charge >= 0.3 is 0 Å². The molecule has 0 spiro atoms. The van der Waals surface area contributed by atoms with Crippen molar-refractivity contribution in [2.75, 3.05) is 6.61 Å². The highest BCUT2D eigenvalue weighted by molar-refractivity contribution is 7.18. The number of ether oxygens (including phenoxy) is 1. The standard InChI is InChI=1S/C14H13ClO2S/c1-2-10-3-5-11(6-4-10)17-9-12(16)13-7-8-14(15)18-13/h3-8H,2,9H2,1H3. The highest BCUT2D eigenvalue weighted by Crippen LogP contribution is 2.22. The molecule has 0 saturated heterocycles. The minimum Gasteiger partial charge on any atom is -0.485 e. The molecule has 2 aromatic rings. The second-order valence-electron chi connectivity index (χ2n) is 3.81. The van der Waals surface area contributed by atoms with Crippen LogP contribution in [0, 0.1) is 0 Å². The number of hydrogen-bond acceptors (Lipinski definition) is 3. The first-order chi connectivity index (χ1) is 8.69. The van der Waals surface area contributed by atoms with E-state index in [4.69, 9.17) is 16.3 Å². The molecule has 0 radical (unpaired) electrons. The maximum atomic E-state index is 11.8. The molecule has 2 rings (SSSR count). The molecule has 0 fully saturated rings. The van der Waals surface area contributed by atoms with E-state index >= 15 is 0 Å². The summed E-state index contributed by atoms with van der Waals surface area (Å²) in [6.45, 7) is 2.14. The Morgan fingerprint density at radius 2 is 1.94 bits per heavy atom. The quantitative estimate of drug-likeness (QED) is 0.766. The number of carbonyl (C=O) groups excluding carboxylic acids is 1. The van der Waals surface area contributed by atoms with Crippen LogP contribution in [0.25, 0.3) is 0 Å². The van der Waals surface area contributed by atoms with Crippen LogP contribution >= 0.6 is 22.9 Å². The summed E-state index contributed by atoms with van der Waals surface area (Å²) in [5.74, 6) is 0.662. The van der Waals surface area contributed by atoms with Crippen molar-refractivity contribution >= 4 is 28.7 Å². The van der Waals surface area contributed by atoms with Gasteiger partial charge in [-0.05, 0) is 36.2 Å². The summed E-state index contributed by atoms with van der Waals surface area (Å²) < 4.78 is 6.06. The summed E-state index contributed by atoms with van der Waals surface area (Å²) in [5, 5.41) is 0. The number of ketones is 1. The van der Waals surface area contributed by atoms with Gasteiger partial charge in [-0.25, -0.2) is 0 Å². The van der Waals surface area contributed by atoms with Crippen LogP contribution in [0.15, 0.2) is 36.4 Å². The second-order valence-corrected chi connectivity index (χ2v) is 5.53. The molecule has 1 aromatic heterocycles. The van der Waals surface area contributed by atoms with E-state index in [-0.39, 0.29) is 12.4 Å². The molecule has 0 aliphatic carbocycles. The largest absolute Gasteiger partial charge is 0.485 e. The lowest BCUT2D eigenvalue weighted by molar-refractivity contribution is 0.0925. The first-order valence-corrected chi connectivity index (χ1v) is 6.88. The summed E-state index contributed by atoms with van der Waals surface area (Å²) in [4.78, 5) is 12.4. The first-order valence-electron chi connectivity index (χ1n) is 5.69. The Bertz CT molecular complexity index is 531. The molecule has 0 aliphatic heterocycles. The van der Waals surface area contributed by atoms with Crippen LogP contribution in [0.2, 0.25) is 4.34 Å². The van der Waals surface area contributed by atoms with E-state index in [9.17, 15) is 4.79 Å². The van der Waals surface area contributed by atoms with Crippen LogP contribution in [0.3, 0.4) is 0 Å². The second kappa shape index (κ2) is 6.03. The van der Waals surface area contributed by atoms with Gasteiger partial charge in [0.25, 0.3) is 0 Å². The topological polar surface area (TPSA) is 26.3 Å². The molecule has 0 aliphatic rings. The molecule has 18 heavy (non-hydrogen) atoms. The fourth-order valence-corrected chi connectivity index (χ4v) is 2.47. The monoisotopic (exact) mass is 280 g/mol. The molecule has 2 nitrogen and oxygen atoms in total. The van der Waals surface area contributed by atoms with E-state index in [2.05, 4.69) is 6.92 Å². The van der Waals surface area contributed by atoms with Crippen molar-refractivity contribution in [3.63, 3.8) is 0 Å². The molecule has 1 aromatic carbocycles. The molecule has 0 amide bonds. The normalized spacial score (nSPS) is 10.3. The SMILES string of the molecule is CCc1ccc(OCC(=O)c2ccc(Cl)s2)cc1. The molecular weight excluding hydrogens is 268 g/mol. The number of benzene rings is 1. The van der Waals surface area contributed by atoms with Gasteiger partial charge < -0.3 is 4.74 Å². The Morgan fingerprint density at radius 3 is 2.50 bits per heavy atom. The zero-order valence-electron chi connectivity index (χ0n) is 9.98. The van der Waals surface area contributed by atoms with Crippen molar-refractivity contribution in [3.8, 4) is 5.75 Å². The zero-order valence-corrected chi connectivity index (χ0v) is 11.6. The number of thiophene rings is 1. The third kappa shape index (κ3) is 3.34. The Labute approximate surface area is 115 Å². The molecule has 0 unspecified atom stereocenters. The smallest absolute Gasteiger partial charge is 0.210 e. The summed E-state index contributed by atoms with van der Waals surface area (Å²) in [6, 6.07) is 11.2. The van der Waals surface area contributed by atoms with Crippen LogP contribution in [-0.2, 0) is 6.42 Å². The Morgan fingerprint density at radius 1 is 1.22 bits per heavy atom. The molecule has 0 atom stereocenters. The van der Waals surface area contributed by atoms with Crippen molar-refractivity contribution in [2.24, 2.45) is 0 Å². The van der Waals surface area contributed by atoms with E-state index in [1.807, 2.05) is 24.3 Å². The lowest BCUT2D eigenvalue weighted by Crippen LogP contribution is -2.09. The van der Waals surface area contributed by atoms with E-state index in [1.165, 1.54) is 16.9 Å². The summed E-state index contributed by atoms with van der Waals surface area (Å²) in [6.07, 6.45) is 0.993. The van der Waals surface area contributed by atoms with Gasteiger partial charge in [0, 0.05) is 0 Å². The summed E-state index contributed by atoms with van der Waals surface area (Å²) >= 11 is 7.05. The van der Waals surface area contributed by atoms with Crippen molar-refractivity contribution in [2.45, 2.75) is 13.3 Å². The Hall–Kier alpha value is -1.32. The highest BCUT2D eigenvalue weighted by atomic mass is 35.5. The van der Waals surface area contributed by atoms with Gasteiger partial charge in [-0.15, -0.1) is 11.3 Å². The number of halogens is 1. The van der Waals surface area contributed by atoms with Gasteiger partial charge in [0.15, 0.2) is 6.61 Å². The van der Waals surface area contributed by atoms with Crippen LogP contribution in [0.4, 0.5) is 0 Å². The van der Waals surface area contributed by atoms with Gasteiger partial charge in [-0.2, -0.15) is 0 Å². The zero-order chi connectivity index (χ0) is 13.0. The highest BCUT2D eigenvalue weighted by Gasteiger charge is 2.09.